The minimum absolute atomic E-state index is 0. The number of aliphatic imine (C=N–C) groups is 1. The lowest BCUT2D eigenvalue weighted by molar-refractivity contribution is 0.115. The molecule has 1 aliphatic carbocycles. The van der Waals surface area contributed by atoms with E-state index in [-0.39, 0.29) is 30.0 Å². The fraction of sp³-hybridized carbons (Fsp3) is 0.933. The van der Waals surface area contributed by atoms with E-state index in [1.54, 1.807) is 11.4 Å². The first-order valence-electron chi connectivity index (χ1n) is 8.38. The van der Waals surface area contributed by atoms with Crippen molar-refractivity contribution in [2.24, 2.45) is 10.9 Å². The van der Waals surface area contributed by atoms with Gasteiger partial charge >= 0.3 is 0 Å². The minimum atomic E-state index is -3.13. The molecule has 0 spiro atoms. The fourth-order valence-electron chi connectivity index (χ4n) is 2.89. The molecule has 1 atom stereocenters. The number of hydrogen-bond donors (Lipinski definition) is 1. The van der Waals surface area contributed by atoms with Crippen LogP contribution in [0.1, 0.15) is 25.7 Å². The van der Waals surface area contributed by atoms with Crippen LogP contribution in [0.4, 0.5) is 0 Å². The molecule has 0 aromatic carbocycles. The van der Waals surface area contributed by atoms with Crippen molar-refractivity contribution in [1.29, 1.82) is 0 Å². The predicted octanol–water partition coefficient (Wildman–Crippen LogP) is 0.962. The summed E-state index contributed by atoms with van der Waals surface area (Å²) in [7, 11) is 0.587. The van der Waals surface area contributed by atoms with E-state index in [2.05, 4.69) is 10.3 Å². The second kappa shape index (κ2) is 10.1. The van der Waals surface area contributed by atoms with E-state index in [0.29, 0.717) is 19.7 Å². The third kappa shape index (κ3) is 7.01. The molecule has 0 unspecified atom stereocenters. The molecule has 0 radical (unpaired) electrons. The van der Waals surface area contributed by atoms with Gasteiger partial charge in [0.15, 0.2) is 5.96 Å². The van der Waals surface area contributed by atoms with Crippen molar-refractivity contribution < 1.29 is 13.2 Å². The highest BCUT2D eigenvalue weighted by atomic mass is 127. The lowest BCUT2D eigenvalue weighted by Crippen LogP contribution is -2.47. The van der Waals surface area contributed by atoms with Crippen LogP contribution >= 0.6 is 24.0 Å². The van der Waals surface area contributed by atoms with E-state index in [4.69, 9.17) is 4.74 Å². The van der Waals surface area contributed by atoms with E-state index in [1.807, 2.05) is 11.9 Å². The zero-order valence-corrected chi connectivity index (χ0v) is 18.0. The molecule has 2 aliphatic rings. The Morgan fingerprint density at radius 1 is 1.38 bits per heavy atom. The Hall–Kier alpha value is -0.130. The van der Waals surface area contributed by atoms with Crippen LogP contribution in [0.25, 0.3) is 0 Å². The van der Waals surface area contributed by atoms with Crippen LogP contribution < -0.4 is 5.32 Å². The van der Waals surface area contributed by atoms with Crippen LogP contribution in [0, 0.1) is 5.92 Å². The summed E-state index contributed by atoms with van der Waals surface area (Å²) in [6.45, 7) is 3.53. The monoisotopic (exact) mass is 474 g/mol. The summed E-state index contributed by atoms with van der Waals surface area (Å²) in [6, 6.07) is 0.0151. The zero-order chi connectivity index (χ0) is 16.9. The van der Waals surface area contributed by atoms with Gasteiger partial charge in [0, 0.05) is 46.4 Å². The highest BCUT2D eigenvalue weighted by molar-refractivity contribution is 14.0. The van der Waals surface area contributed by atoms with Gasteiger partial charge in [0.25, 0.3) is 0 Å². The molecular weight excluding hydrogens is 443 g/mol. The molecular formula is C15H31IN4O3S. The van der Waals surface area contributed by atoms with Crippen LogP contribution in [0.5, 0.6) is 0 Å². The van der Waals surface area contributed by atoms with Gasteiger partial charge in [0.05, 0.1) is 12.9 Å². The summed E-state index contributed by atoms with van der Waals surface area (Å²) in [5.41, 5.74) is 0. The van der Waals surface area contributed by atoms with E-state index in [1.165, 1.54) is 19.1 Å². The van der Waals surface area contributed by atoms with Gasteiger partial charge in [0.2, 0.25) is 10.0 Å². The quantitative estimate of drug-likeness (QED) is 0.246. The maximum absolute atomic E-state index is 11.8. The maximum atomic E-state index is 11.8. The van der Waals surface area contributed by atoms with Crippen molar-refractivity contribution in [1.82, 2.24) is 14.5 Å². The van der Waals surface area contributed by atoms with Gasteiger partial charge in [-0.1, -0.05) is 0 Å². The number of nitrogens with zero attached hydrogens (tertiary/aromatic N) is 3. The molecule has 1 N–H and O–H groups in total. The first-order valence-corrected chi connectivity index (χ1v) is 10.2. The Kier molecular flexibility index (Phi) is 9.24. The minimum Gasteiger partial charge on any atom is -0.379 e. The first-order chi connectivity index (χ1) is 10.9. The van der Waals surface area contributed by atoms with Gasteiger partial charge in [-0.2, -0.15) is 4.31 Å². The van der Waals surface area contributed by atoms with Crippen LogP contribution in [0.15, 0.2) is 4.99 Å². The van der Waals surface area contributed by atoms with Gasteiger partial charge in [-0.05, 0) is 31.6 Å². The molecule has 1 saturated carbocycles. The van der Waals surface area contributed by atoms with E-state index in [0.717, 1.165) is 37.9 Å². The molecule has 1 aliphatic heterocycles. The summed E-state index contributed by atoms with van der Waals surface area (Å²) < 4.78 is 30.8. The molecule has 0 aromatic rings. The number of hydrogen-bond acceptors (Lipinski definition) is 4. The molecule has 0 aromatic heterocycles. The van der Waals surface area contributed by atoms with Crippen molar-refractivity contribution in [2.45, 2.75) is 31.7 Å². The number of likely N-dealkylation sites (N-methyl/N-ethyl adjacent to an activating group) is 1. The highest BCUT2D eigenvalue weighted by Crippen LogP contribution is 2.28. The number of guanidine groups is 1. The van der Waals surface area contributed by atoms with Crippen molar-refractivity contribution in [3.8, 4) is 0 Å². The van der Waals surface area contributed by atoms with Gasteiger partial charge in [-0.3, -0.25) is 4.99 Å². The van der Waals surface area contributed by atoms with Gasteiger partial charge in [-0.25, -0.2) is 8.42 Å². The van der Waals surface area contributed by atoms with Gasteiger partial charge in [-0.15, -0.1) is 24.0 Å². The normalized spacial score (nSPS) is 22.3. The predicted molar refractivity (Wildman–Crippen MR) is 108 cm³/mol. The van der Waals surface area contributed by atoms with Crippen molar-refractivity contribution in [2.75, 3.05) is 53.2 Å². The highest BCUT2D eigenvalue weighted by Gasteiger charge is 2.31. The summed E-state index contributed by atoms with van der Waals surface area (Å²) in [6.07, 6.45) is 5.70. The van der Waals surface area contributed by atoms with E-state index < -0.39 is 10.0 Å². The van der Waals surface area contributed by atoms with Gasteiger partial charge < -0.3 is 15.0 Å². The Balaban J connectivity index is 0.00000288. The summed E-state index contributed by atoms with van der Waals surface area (Å²) in [5, 5.41) is 3.29. The summed E-state index contributed by atoms with van der Waals surface area (Å²) in [4.78, 5) is 6.29. The molecule has 24 heavy (non-hydrogen) atoms. The third-order valence-corrected chi connectivity index (χ3v) is 5.77. The van der Waals surface area contributed by atoms with Crippen LogP contribution in [-0.4, -0.2) is 82.8 Å². The Morgan fingerprint density at radius 2 is 2.08 bits per heavy atom. The topological polar surface area (TPSA) is 74.2 Å². The molecule has 0 amide bonds. The fourth-order valence-corrected chi connectivity index (χ4v) is 4.07. The third-order valence-electron chi connectivity index (χ3n) is 4.44. The van der Waals surface area contributed by atoms with Crippen molar-refractivity contribution in [3.63, 3.8) is 0 Å². The lowest BCUT2D eigenvalue weighted by atomic mass is 10.2. The average Bonchev–Trinajstić information content (AvgIpc) is 3.18. The number of nitrogens with one attached hydrogen (secondary N) is 1. The average molecular weight is 474 g/mol. The molecule has 7 nitrogen and oxygen atoms in total. The van der Waals surface area contributed by atoms with Crippen LogP contribution in [0.2, 0.25) is 0 Å². The van der Waals surface area contributed by atoms with Crippen LogP contribution in [0.3, 0.4) is 0 Å². The molecule has 2 fully saturated rings. The molecule has 1 saturated heterocycles. The zero-order valence-electron chi connectivity index (χ0n) is 14.9. The summed E-state index contributed by atoms with van der Waals surface area (Å²) >= 11 is 0. The standard InChI is InChI=1S/C15H30N4O3S.HI/c1-16-15(18(2)9-10-22-12-13-6-7-13)17-11-14-5-4-8-19(14)23(3,20)21;/h13-14H,4-12H2,1-3H3,(H,16,17);1H/t14-;/m1./s1. The number of rotatable bonds is 8. The molecule has 2 rings (SSSR count). The lowest BCUT2D eigenvalue weighted by Gasteiger charge is -2.26. The number of ether oxygens (including phenoxy) is 1. The first kappa shape index (κ1) is 21.9. The Bertz CT molecular complexity index is 511. The summed E-state index contributed by atoms with van der Waals surface area (Å²) in [5.74, 6) is 1.56. The molecule has 0 bridgehead atoms. The Labute approximate surface area is 163 Å². The second-order valence-electron chi connectivity index (χ2n) is 6.54. The number of sulfonamides is 1. The van der Waals surface area contributed by atoms with Crippen molar-refractivity contribution in [3.05, 3.63) is 0 Å². The van der Waals surface area contributed by atoms with Crippen molar-refractivity contribution >= 4 is 40.0 Å². The number of halogens is 1. The maximum Gasteiger partial charge on any atom is 0.211 e. The Morgan fingerprint density at radius 3 is 2.67 bits per heavy atom. The SMILES string of the molecule is CN=C(NC[C@H]1CCCN1S(C)(=O)=O)N(C)CCOCC1CC1.I. The molecule has 9 heteroatoms. The largest absolute Gasteiger partial charge is 0.379 e. The van der Waals surface area contributed by atoms with E-state index in [9.17, 15) is 8.42 Å². The second-order valence-corrected chi connectivity index (χ2v) is 8.47. The van der Waals surface area contributed by atoms with E-state index >= 15 is 0 Å². The smallest absolute Gasteiger partial charge is 0.211 e. The van der Waals surface area contributed by atoms with Gasteiger partial charge in [0.1, 0.15) is 0 Å². The molecule has 142 valence electrons. The molecule has 1 heterocycles. The van der Waals surface area contributed by atoms with Crippen LogP contribution in [-0.2, 0) is 14.8 Å².